The molecule has 6 nitrogen and oxygen atoms in total. The van der Waals surface area contributed by atoms with Gasteiger partial charge in [0.25, 0.3) is 0 Å². The van der Waals surface area contributed by atoms with Crippen LogP contribution in [0.25, 0.3) is 11.4 Å². The summed E-state index contributed by atoms with van der Waals surface area (Å²) >= 11 is 0. The van der Waals surface area contributed by atoms with Gasteiger partial charge in [0.15, 0.2) is 14.1 Å². The van der Waals surface area contributed by atoms with Crippen LogP contribution in [0.5, 0.6) is 5.75 Å². The second kappa shape index (κ2) is 9.59. The number of morpholine rings is 1. The predicted molar refractivity (Wildman–Crippen MR) is 129 cm³/mol. The van der Waals surface area contributed by atoms with Gasteiger partial charge in [-0.15, -0.1) is 0 Å². The van der Waals surface area contributed by atoms with Crippen molar-refractivity contribution in [2.75, 3.05) is 26.2 Å². The lowest BCUT2D eigenvalue weighted by molar-refractivity contribution is -0.0408. The third-order valence-corrected chi connectivity index (χ3v) is 11.5. The Hall–Kier alpha value is -1.80. The van der Waals surface area contributed by atoms with Crippen molar-refractivity contribution < 1.29 is 13.9 Å². The first-order valence-electron chi connectivity index (χ1n) is 11.8. The number of aromatic nitrogens is 2. The van der Waals surface area contributed by atoms with Crippen LogP contribution in [0.4, 0.5) is 0 Å². The van der Waals surface area contributed by atoms with Crippen molar-refractivity contribution in [3.63, 3.8) is 0 Å². The predicted octanol–water partition coefficient (Wildman–Crippen LogP) is 4.91. The molecule has 2 atom stereocenters. The number of fused-ring (bicyclic) bond motifs is 2. The number of hydrogen-bond acceptors (Lipinski definition) is 6. The summed E-state index contributed by atoms with van der Waals surface area (Å²) in [4.78, 5) is 11.7. The van der Waals surface area contributed by atoms with Crippen molar-refractivity contribution in [3.05, 3.63) is 42.2 Å². The highest BCUT2D eigenvalue weighted by Crippen LogP contribution is 2.37. The summed E-state index contributed by atoms with van der Waals surface area (Å²) in [7, 11) is -1.81. The molecule has 32 heavy (non-hydrogen) atoms. The van der Waals surface area contributed by atoms with Gasteiger partial charge in [0.2, 0.25) is 0 Å². The number of benzene rings is 1. The maximum atomic E-state index is 6.32. The van der Waals surface area contributed by atoms with Crippen LogP contribution in [0.3, 0.4) is 0 Å². The molecule has 0 spiro atoms. The standard InChI is InChI=1S/C25H37N3O3Si/c1-25(2,3)32(4,5)30-18-20-12-13-26-24(27-20)19-6-8-21(9-7-19)29-15-14-28-16-22-10-11-23(17-28)31-22/h6-9,12-13,22-23H,10-11,14-18H2,1-5H3/t22-,23+. The fraction of sp³-hybridized carbons (Fsp3) is 0.600. The molecule has 3 heterocycles. The summed E-state index contributed by atoms with van der Waals surface area (Å²) in [5.41, 5.74) is 1.90. The van der Waals surface area contributed by atoms with E-state index < -0.39 is 8.32 Å². The second-order valence-corrected chi connectivity index (χ2v) is 15.3. The molecule has 1 aromatic heterocycles. The Kier molecular flexibility index (Phi) is 7.00. The summed E-state index contributed by atoms with van der Waals surface area (Å²) in [6.45, 7) is 15.5. The van der Waals surface area contributed by atoms with E-state index in [1.54, 1.807) is 0 Å². The van der Waals surface area contributed by atoms with Gasteiger partial charge in [-0.3, -0.25) is 4.90 Å². The molecule has 0 amide bonds. The highest BCUT2D eigenvalue weighted by atomic mass is 28.4. The number of likely N-dealkylation sites (tertiary alicyclic amines) is 1. The topological polar surface area (TPSA) is 56.7 Å². The van der Waals surface area contributed by atoms with Gasteiger partial charge < -0.3 is 13.9 Å². The second-order valence-electron chi connectivity index (χ2n) is 10.5. The molecule has 0 aliphatic carbocycles. The Labute approximate surface area is 193 Å². The van der Waals surface area contributed by atoms with E-state index in [1.165, 1.54) is 12.8 Å². The average molecular weight is 456 g/mol. The van der Waals surface area contributed by atoms with Crippen LogP contribution in [0, 0.1) is 0 Å². The molecule has 0 N–H and O–H groups in total. The van der Waals surface area contributed by atoms with E-state index in [4.69, 9.17) is 18.9 Å². The normalized spacial score (nSPS) is 21.7. The number of rotatable bonds is 8. The molecule has 0 saturated carbocycles. The Morgan fingerprint density at radius 3 is 2.41 bits per heavy atom. The molecule has 7 heteroatoms. The largest absolute Gasteiger partial charge is 0.492 e. The molecule has 174 valence electrons. The van der Waals surface area contributed by atoms with Crippen LogP contribution in [0.15, 0.2) is 36.5 Å². The highest BCUT2D eigenvalue weighted by molar-refractivity contribution is 6.74. The van der Waals surface area contributed by atoms with Crippen molar-refractivity contribution in [3.8, 4) is 17.1 Å². The quantitative estimate of drug-likeness (QED) is 0.527. The third kappa shape index (κ3) is 5.76. The van der Waals surface area contributed by atoms with Crippen molar-refractivity contribution >= 4 is 8.32 Å². The molecular formula is C25H37N3O3Si. The molecule has 2 bridgehead atoms. The molecule has 0 radical (unpaired) electrons. The lowest BCUT2D eigenvalue weighted by atomic mass is 10.2. The average Bonchev–Trinajstić information content (AvgIpc) is 3.10. The summed E-state index contributed by atoms with van der Waals surface area (Å²) in [5, 5.41) is 0.181. The highest BCUT2D eigenvalue weighted by Gasteiger charge is 2.37. The van der Waals surface area contributed by atoms with E-state index in [1.807, 2.05) is 36.5 Å². The van der Waals surface area contributed by atoms with Crippen LogP contribution < -0.4 is 4.74 Å². The van der Waals surface area contributed by atoms with Crippen molar-refractivity contribution in [2.45, 2.75) is 70.6 Å². The van der Waals surface area contributed by atoms with Crippen LogP contribution >= 0.6 is 0 Å². The first-order valence-corrected chi connectivity index (χ1v) is 14.7. The number of ether oxygens (including phenoxy) is 2. The van der Waals surface area contributed by atoms with Gasteiger partial charge in [0.05, 0.1) is 24.5 Å². The zero-order chi connectivity index (χ0) is 22.8. The van der Waals surface area contributed by atoms with Crippen LogP contribution in [-0.2, 0) is 15.8 Å². The van der Waals surface area contributed by atoms with E-state index in [0.717, 1.165) is 42.5 Å². The lowest BCUT2D eigenvalue weighted by Gasteiger charge is -2.36. The maximum absolute atomic E-state index is 6.32. The molecule has 1 aromatic carbocycles. The minimum absolute atomic E-state index is 0.181. The van der Waals surface area contributed by atoms with Crippen LogP contribution in [0.1, 0.15) is 39.3 Å². The van der Waals surface area contributed by atoms with Gasteiger partial charge in [0, 0.05) is 31.4 Å². The lowest BCUT2D eigenvalue weighted by Crippen LogP contribution is -2.44. The van der Waals surface area contributed by atoms with E-state index in [-0.39, 0.29) is 5.04 Å². The Morgan fingerprint density at radius 2 is 1.75 bits per heavy atom. The molecule has 2 saturated heterocycles. The molecule has 2 aliphatic heterocycles. The fourth-order valence-corrected chi connectivity index (χ4v) is 4.90. The summed E-state index contributed by atoms with van der Waals surface area (Å²) in [5.74, 6) is 1.60. The zero-order valence-electron chi connectivity index (χ0n) is 20.1. The minimum Gasteiger partial charge on any atom is -0.492 e. The van der Waals surface area contributed by atoms with E-state index in [2.05, 4.69) is 43.7 Å². The minimum atomic E-state index is -1.81. The van der Waals surface area contributed by atoms with E-state index in [9.17, 15) is 0 Å². The summed E-state index contributed by atoms with van der Waals surface area (Å²) in [6.07, 6.45) is 5.07. The monoisotopic (exact) mass is 455 g/mol. The van der Waals surface area contributed by atoms with E-state index >= 15 is 0 Å². The molecule has 2 aromatic rings. The summed E-state index contributed by atoms with van der Waals surface area (Å²) < 4.78 is 18.2. The maximum Gasteiger partial charge on any atom is 0.192 e. The van der Waals surface area contributed by atoms with Crippen molar-refractivity contribution in [1.29, 1.82) is 0 Å². The fourth-order valence-electron chi connectivity index (χ4n) is 3.96. The Balaban J connectivity index is 1.29. The first-order chi connectivity index (χ1) is 15.2. The van der Waals surface area contributed by atoms with Crippen LogP contribution in [-0.4, -0.2) is 61.6 Å². The molecule has 0 unspecified atom stereocenters. The Bertz CT molecular complexity index is 886. The smallest absolute Gasteiger partial charge is 0.192 e. The van der Waals surface area contributed by atoms with Gasteiger partial charge in [-0.1, -0.05) is 20.8 Å². The van der Waals surface area contributed by atoms with Gasteiger partial charge in [-0.25, -0.2) is 9.97 Å². The van der Waals surface area contributed by atoms with Crippen LogP contribution in [0.2, 0.25) is 18.1 Å². The molecule has 2 fully saturated rings. The first kappa shape index (κ1) is 23.4. The molecule has 4 rings (SSSR count). The summed E-state index contributed by atoms with van der Waals surface area (Å²) in [6, 6.07) is 9.99. The van der Waals surface area contributed by atoms with Crippen molar-refractivity contribution in [2.24, 2.45) is 0 Å². The molecular weight excluding hydrogens is 418 g/mol. The zero-order valence-corrected chi connectivity index (χ0v) is 21.1. The SMILES string of the molecule is CC(C)(C)[Si](C)(C)OCc1ccnc(-c2ccc(OCCN3C[C@H]4CC[C@@H](C3)O4)cc2)n1. The van der Waals surface area contributed by atoms with Gasteiger partial charge in [0.1, 0.15) is 12.4 Å². The van der Waals surface area contributed by atoms with E-state index in [0.29, 0.717) is 25.4 Å². The third-order valence-electron chi connectivity index (χ3n) is 7.01. The van der Waals surface area contributed by atoms with Gasteiger partial charge in [-0.05, 0) is 61.3 Å². The van der Waals surface area contributed by atoms with Gasteiger partial charge in [-0.2, -0.15) is 0 Å². The number of nitrogens with zero attached hydrogens (tertiary/aromatic N) is 3. The molecule has 2 aliphatic rings. The number of hydrogen-bond donors (Lipinski definition) is 0. The van der Waals surface area contributed by atoms with Crippen molar-refractivity contribution in [1.82, 2.24) is 14.9 Å². The van der Waals surface area contributed by atoms with Gasteiger partial charge >= 0.3 is 0 Å². The Morgan fingerprint density at radius 1 is 1.06 bits per heavy atom.